The van der Waals surface area contributed by atoms with Gasteiger partial charge in [-0.05, 0) is 59.7 Å². The Hall–Kier alpha value is -0.660. The summed E-state index contributed by atoms with van der Waals surface area (Å²) in [5, 5.41) is 6.13. The van der Waals surface area contributed by atoms with Gasteiger partial charge in [0.2, 0.25) is 5.91 Å². The zero-order chi connectivity index (χ0) is 13.1. The monoisotopic (exact) mass is 360 g/mol. The lowest BCUT2D eigenvalue weighted by molar-refractivity contribution is -0.118. The van der Waals surface area contributed by atoms with Crippen molar-refractivity contribution in [2.45, 2.75) is 25.5 Å². The van der Waals surface area contributed by atoms with Crippen LogP contribution in [-0.2, 0) is 9.53 Å². The molecule has 1 aromatic rings. The lowest BCUT2D eigenvalue weighted by Crippen LogP contribution is -2.35. The van der Waals surface area contributed by atoms with Gasteiger partial charge in [-0.25, -0.2) is 0 Å². The fraction of sp³-hybridized carbons (Fsp3) is 0.462. The summed E-state index contributed by atoms with van der Waals surface area (Å²) >= 11 is 2.26. The third-order valence-corrected chi connectivity index (χ3v) is 3.86. The zero-order valence-corrected chi connectivity index (χ0v) is 12.7. The smallest absolute Gasteiger partial charge is 0.241 e. The van der Waals surface area contributed by atoms with Crippen LogP contribution in [0.1, 0.15) is 12.0 Å². The van der Waals surface area contributed by atoms with Crippen LogP contribution in [0.5, 0.6) is 0 Å². The van der Waals surface area contributed by atoms with Crippen molar-refractivity contribution in [1.29, 1.82) is 0 Å². The van der Waals surface area contributed by atoms with Crippen LogP contribution in [0.25, 0.3) is 0 Å². The first kappa shape index (κ1) is 13.8. The van der Waals surface area contributed by atoms with E-state index in [2.05, 4.69) is 39.3 Å². The molecule has 0 radical (unpaired) electrons. The third kappa shape index (κ3) is 3.21. The molecule has 1 heterocycles. The Bertz CT molecular complexity index is 451. The molecule has 0 aliphatic carbocycles. The Balaban J connectivity index is 1.99. The van der Waals surface area contributed by atoms with Crippen molar-refractivity contribution in [2.24, 2.45) is 0 Å². The highest BCUT2D eigenvalue weighted by Gasteiger charge is 2.29. The molecule has 98 valence electrons. The summed E-state index contributed by atoms with van der Waals surface area (Å²) in [5.74, 6) is 0.0128. The predicted octanol–water partition coefficient (Wildman–Crippen LogP) is 1.92. The van der Waals surface area contributed by atoms with Gasteiger partial charge in [-0.15, -0.1) is 0 Å². The van der Waals surface area contributed by atoms with Crippen molar-refractivity contribution in [2.75, 3.05) is 19.0 Å². The molecule has 1 aliphatic rings. The summed E-state index contributed by atoms with van der Waals surface area (Å²) in [4.78, 5) is 12.1. The molecule has 0 bridgehead atoms. The molecular formula is C13H17IN2O2. The number of hydrogen-bond donors (Lipinski definition) is 2. The van der Waals surface area contributed by atoms with Crippen LogP contribution in [-0.4, -0.2) is 31.7 Å². The number of carbonyl (C=O) groups is 1. The van der Waals surface area contributed by atoms with Gasteiger partial charge in [0.05, 0.1) is 12.1 Å². The molecule has 0 spiro atoms. The third-order valence-electron chi connectivity index (χ3n) is 3.19. The summed E-state index contributed by atoms with van der Waals surface area (Å²) in [7, 11) is 1.68. The Morgan fingerprint density at radius 3 is 2.94 bits per heavy atom. The van der Waals surface area contributed by atoms with E-state index in [1.165, 1.54) is 3.57 Å². The van der Waals surface area contributed by atoms with E-state index in [1.807, 2.05) is 19.1 Å². The molecule has 1 saturated heterocycles. The second kappa shape index (κ2) is 5.99. The molecule has 1 aromatic carbocycles. The average molecular weight is 360 g/mol. The Labute approximate surface area is 121 Å². The van der Waals surface area contributed by atoms with Crippen molar-refractivity contribution in [1.82, 2.24) is 5.32 Å². The summed E-state index contributed by atoms with van der Waals surface area (Å²) in [6, 6.07) is 5.82. The average Bonchev–Trinajstić information content (AvgIpc) is 2.81. The maximum atomic E-state index is 12.1. The summed E-state index contributed by atoms with van der Waals surface area (Å²) < 4.78 is 6.41. The van der Waals surface area contributed by atoms with Crippen LogP contribution < -0.4 is 10.6 Å². The highest BCUT2D eigenvalue weighted by Crippen LogP contribution is 2.19. The van der Waals surface area contributed by atoms with Gasteiger partial charge in [-0.3, -0.25) is 4.79 Å². The highest BCUT2D eigenvalue weighted by molar-refractivity contribution is 14.1. The first-order chi connectivity index (χ1) is 8.60. The summed E-state index contributed by atoms with van der Waals surface area (Å²) in [5.41, 5.74) is 1.96. The maximum Gasteiger partial charge on any atom is 0.241 e. The number of halogens is 1. The van der Waals surface area contributed by atoms with Gasteiger partial charge < -0.3 is 15.4 Å². The van der Waals surface area contributed by atoms with Crippen molar-refractivity contribution < 1.29 is 9.53 Å². The largest absolute Gasteiger partial charge is 0.380 e. The van der Waals surface area contributed by atoms with E-state index in [1.54, 1.807) is 7.11 Å². The van der Waals surface area contributed by atoms with Crippen LogP contribution in [0.3, 0.4) is 0 Å². The first-order valence-electron chi connectivity index (χ1n) is 5.93. The van der Waals surface area contributed by atoms with Crippen LogP contribution in [0.4, 0.5) is 5.69 Å². The molecule has 2 unspecified atom stereocenters. The highest BCUT2D eigenvalue weighted by atomic mass is 127. The van der Waals surface area contributed by atoms with E-state index in [4.69, 9.17) is 4.74 Å². The summed E-state index contributed by atoms with van der Waals surface area (Å²) in [6.45, 7) is 2.73. The molecule has 1 amide bonds. The van der Waals surface area contributed by atoms with Gasteiger partial charge in [0.25, 0.3) is 0 Å². The minimum absolute atomic E-state index is 0.0128. The van der Waals surface area contributed by atoms with Gasteiger partial charge >= 0.3 is 0 Å². The van der Waals surface area contributed by atoms with E-state index in [0.717, 1.165) is 24.2 Å². The second-order valence-corrected chi connectivity index (χ2v) is 5.75. The van der Waals surface area contributed by atoms with Crippen LogP contribution in [0, 0.1) is 10.5 Å². The number of nitrogens with one attached hydrogen (secondary N) is 2. The number of carbonyl (C=O) groups excluding carboxylic acids is 1. The molecule has 4 nitrogen and oxygen atoms in total. The number of hydrogen-bond acceptors (Lipinski definition) is 3. The van der Waals surface area contributed by atoms with Crippen molar-refractivity contribution >= 4 is 34.2 Å². The first-order valence-corrected chi connectivity index (χ1v) is 7.01. The number of aryl methyl sites for hydroxylation is 1. The molecule has 1 aliphatic heterocycles. The standard InChI is InChI=1S/C13H17IN2O2/c1-8-5-9(14)3-4-11(8)16-13(17)12-6-10(18-2)7-15-12/h3-5,10,12,15H,6-7H2,1-2H3,(H,16,17). The zero-order valence-electron chi connectivity index (χ0n) is 10.5. The minimum atomic E-state index is -0.159. The quantitative estimate of drug-likeness (QED) is 0.810. The summed E-state index contributed by atoms with van der Waals surface area (Å²) in [6.07, 6.45) is 0.865. The molecular weight excluding hydrogens is 343 g/mol. The maximum absolute atomic E-state index is 12.1. The minimum Gasteiger partial charge on any atom is -0.380 e. The Kier molecular flexibility index (Phi) is 4.58. The van der Waals surface area contributed by atoms with Gasteiger partial charge in [-0.1, -0.05) is 0 Å². The van der Waals surface area contributed by atoms with E-state index in [9.17, 15) is 4.79 Å². The fourth-order valence-electron chi connectivity index (χ4n) is 2.07. The molecule has 2 rings (SSSR count). The number of methoxy groups -OCH3 is 1. The number of amides is 1. The van der Waals surface area contributed by atoms with Gasteiger partial charge in [0, 0.05) is 22.9 Å². The van der Waals surface area contributed by atoms with Crippen LogP contribution in [0.2, 0.25) is 0 Å². The van der Waals surface area contributed by atoms with Crippen molar-refractivity contribution in [3.63, 3.8) is 0 Å². The van der Waals surface area contributed by atoms with Crippen LogP contribution in [0.15, 0.2) is 18.2 Å². The van der Waals surface area contributed by atoms with E-state index in [0.29, 0.717) is 0 Å². The number of benzene rings is 1. The SMILES string of the molecule is COC1CNC(C(=O)Nc2ccc(I)cc2C)C1. The van der Waals surface area contributed by atoms with E-state index < -0.39 is 0 Å². The topological polar surface area (TPSA) is 50.4 Å². The predicted molar refractivity (Wildman–Crippen MR) is 79.7 cm³/mol. The Morgan fingerprint density at radius 1 is 1.56 bits per heavy atom. The lowest BCUT2D eigenvalue weighted by atomic mass is 10.1. The van der Waals surface area contributed by atoms with Crippen molar-refractivity contribution in [3.05, 3.63) is 27.3 Å². The van der Waals surface area contributed by atoms with Crippen LogP contribution >= 0.6 is 22.6 Å². The normalized spacial score (nSPS) is 23.1. The van der Waals surface area contributed by atoms with Crippen molar-refractivity contribution in [3.8, 4) is 0 Å². The van der Waals surface area contributed by atoms with E-state index >= 15 is 0 Å². The second-order valence-electron chi connectivity index (χ2n) is 4.50. The van der Waals surface area contributed by atoms with Gasteiger partial charge in [0.1, 0.15) is 0 Å². The number of ether oxygens (including phenoxy) is 1. The fourth-order valence-corrected chi connectivity index (χ4v) is 2.72. The molecule has 5 heteroatoms. The Morgan fingerprint density at radius 2 is 2.33 bits per heavy atom. The molecule has 2 N–H and O–H groups in total. The number of rotatable bonds is 3. The molecule has 0 aromatic heterocycles. The molecule has 1 fully saturated rings. The van der Waals surface area contributed by atoms with E-state index in [-0.39, 0.29) is 18.1 Å². The van der Waals surface area contributed by atoms with Gasteiger partial charge in [0.15, 0.2) is 0 Å². The molecule has 0 saturated carbocycles. The number of anilines is 1. The molecule has 2 atom stereocenters. The molecule has 18 heavy (non-hydrogen) atoms. The lowest BCUT2D eigenvalue weighted by Gasteiger charge is -2.13. The van der Waals surface area contributed by atoms with Gasteiger partial charge in [-0.2, -0.15) is 0 Å².